The summed E-state index contributed by atoms with van der Waals surface area (Å²) in [6, 6.07) is 10.7. The van der Waals surface area contributed by atoms with Gasteiger partial charge >= 0.3 is 0 Å². The van der Waals surface area contributed by atoms with Gasteiger partial charge in [0.2, 0.25) is 5.72 Å². The molecule has 0 aromatic carbocycles. The van der Waals surface area contributed by atoms with Crippen LogP contribution in [-0.4, -0.2) is 37.8 Å². The summed E-state index contributed by atoms with van der Waals surface area (Å²) in [5.74, 6) is 0. The molecule has 6 nitrogen and oxygen atoms in total. The Bertz CT molecular complexity index is 691. The summed E-state index contributed by atoms with van der Waals surface area (Å²) in [6.07, 6.45) is 3.26. The lowest BCUT2D eigenvalue weighted by Crippen LogP contribution is -2.59. The summed E-state index contributed by atoms with van der Waals surface area (Å²) in [4.78, 5) is 10.0. The van der Waals surface area contributed by atoms with Gasteiger partial charge in [-0.15, -0.1) is 0 Å². The Morgan fingerprint density at radius 3 is 2.48 bits per heavy atom. The molecule has 2 aromatic heterocycles. The molecule has 0 amide bonds. The number of hydrogen-bond acceptors (Lipinski definition) is 5. The van der Waals surface area contributed by atoms with E-state index in [1.54, 1.807) is 49.8 Å². The van der Waals surface area contributed by atoms with Gasteiger partial charge in [0.05, 0.1) is 11.4 Å². The van der Waals surface area contributed by atoms with Gasteiger partial charge in [0.25, 0.3) is 0 Å². The largest absolute Gasteiger partial charge is 0.361 e. The number of thiocarbonyl (C=S) groups is 1. The molecule has 2 N–H and O–H groups in total. The van der Waals surface area contributed by atoms with Crippen molar-refractivity contribution >= 4 is 23.0 Å². The molecule has 0 spiro atoms. The Morgan fingerprint density at radius 2 is 1.86 bits per heavy atom. The van der Waals surface area contributed by atoms with E-state index in [9.17, 15) is 5.11 Å². The first-order chi connectivity index (χ1) is 10.1. The minimum Gasteiger partial charge on any atom is -0.361 e. The molecule has 0 saturated heterocycles. The fourth-order valence-electron chi connectivity index (χ4n) is 2.16. The SMILES string of the molecule is CN1C(=S)NN=C(c2ccccn2)C1(O)c1ccccn1. The monoisotopic (exact) mass is 299 g/mol. The van der Waals surface area contributed by atoms with E-state index in [0.29, 0.717) is 22.2 Å². The van der Waals surface area contributed by atoms with Crippen molar-refractivity contribution in [3.05, 3.63) is 60.2 Å². The molecule has 0 aliphatic carbocycles. The predicted molar refractivity (Wildman–Crippen MR) is 82.4 cm³/mol. The minimum absolute atomic E-state index is 0.308. The maximum Gasteiger partial charge on any atom is 0.231 e. The van der Waals surface area contributed by atoms with E-state index >= 15 is 0 Å². The fraction of sp³-hybridized carbons (Fsp3) is 0.143. The van der Waals surface area contributed by atoms with Crippen LogP contribution >= 0.6 is 12.2 Å². The van der Waals surface area contributed by atoms with Crippen LogP contribution in [0.2, 0.25) is 0 Å². The van der Waals surface area contributed by atoms with E-state index in [-0.39, 0.29) is 0 Å². The first-order valence-electron chi connectivity index (χ1n) is 6.31. The molecule has 3 rings (SSSR count). The highest BCUT2D eigenvalue weighted by atomic mass is 32.1. The quantitative estimate of drug-likeness (QED) is 0.801. The highest BCUT2D eigenvalue weighted by Gasteiger charge is 2.46. The van der Waals surface area contributed by atoms with Crippen molar-refractivity contribution in [3.8, 4) is 0 Å². The van der Waals surface area contributed by atoms with E-state index in [1.807, 2.05) is 6.07 Å². The van der Waals surface area contributed by atoms with Crippen molar-refractivity contribution in [2.45, 2.75) is 5.72 Å². The van der Waals surface area contributed by atoms with Crippen LogP contribution < -0.4 is 5.43 Å². The second kappa shape index (κ2) is 5.19. The standard InChI is InChI=1S/C14H13N5OS/c1-19-13(21)18-17-12(10-6-2-4-8-15-10)14(19,20)11-7-3-5-9-16-11/h2-9,20H,1H3,(H,18,21). The smallest absolute Gasteiger partial charge is 0.231 e. The molecule has 0 fully saturated rings. The zero-order valence-electron chi connectivity index (χ0n) is 11.3. The van der Waals surface area contributed by atoms with Gasteiger partial charge < -0.3 is 10.0 Å². The Labute approximate surface area is 127 Å². The van der Waals surface area contributed by atoms with Gasteiger partial charge in [-0.2, -0.15) is 5.10 Å². The van der Waals surface area contributed by atoms with Gasteiger partial charge in [-0.05, 0) is 36.5 Å². The van der Waals surface area contributed by atoms with Crippen molar-refractivity contribution in [2.75, 3.05) is 7.05 Å². The average Bonchev–Trinajstić information content (AvgIpc) is 2.54. The number of hydrogen-bond donors (Lipinski definition) is 2. The number of aliphatic hydroxyl groups is 1. The first kappa shape index (κ1) is 13.6. The molecule has 21 heavy (non-hydrogen) atoms. The summed E-state index contributed by atoms with van der Waals surface area (Å²) in [7, 11) is 1.68. The molecule has 1 aliphatic heterocycles. The number of rotatable bonds is 2. The third-order valence-corrected chi connectivity index (χ3v) is 3.68. The van der Waals surface area contributed by atoms with Crippen LogP contribution in [0.25, 0.3) is 0 Å². The molecular formula is C14H13N5OS. The first-order valence-corrected chi connectivity index (χ1v) is 6.72. The lowest BCUT2D eigenvalue weighted by atomic mass is 9.97. The molecule has 106 valence electrons. The summed E-state index contributed by atoms with van der Waals surface area (Å²) in [5, 5.41) is 15.8. The highest BCUT2D eigenvalue weighted by Crippen LogP contribution is 2.29. The fourth-order valence-corrected chi connectivity index (χ4v) is 2.34. The van der Waals surface area contributed by atoms with Crippen LogP contribution in [0, 0.1) is 0 Å². The number of aromatic nitrogens is 2. The Hall–Kier alpha value is -2.38. The summed E-state index contributed by atoms with van der Waals surface area (Å²) >= 11 is 5.18. The zero-order valence-corrected chi connectivity index (χ0v) is 12.1. The number of pyridine rings is 2. The maximum absolute atomic E-state index is 11.3. The Kier molecular flexibility index (Phi) is 3.36. The van der Waals surface area contributed by atoms with Crippen molar-refractivity contribution < 1.29 is 5.11 Å². The number of likely N-dealkylation sites (N-methyl/N-ethyl adjacent to an activating group) is 1. The van der Waals surface area contributed by atoms with E-state index in [2.05, 4.69) is 20.5 Å². The van der Waals surface area contributed by atoms with Crippen LogP contribution in [0.5, 0.6) is 0 Å². The molecular weight excluding hydrogens is 286 g/mol. The third-order valence-electron chi connectivity index (χ3n) is 3.31. The molecule has 1 aliphatic rings. The molecule has 0 saturated carbocycles. The van der Waals surface area contributed by atoms with Crippen molar-refractivity contribution in [1.29, 1.82) is 0 Å². The molecule has 0 bridgehead atoms. The zero-order chi connectivity index (χ0) is 14.9. The summed E-state index contributed by atoms with van der Waals surface area (Å²) < 4.78 is 0. The predicted octanol–water partition coefficient (Wildman–Crippen LogP) is 0.846. The molecule has 7 heteroatoms. The number of nitrogens with one attached hydrogen (secondary N) is 1. The van der Waals surface area contributed by atoms with Gasteiger partial charge in [0, 0.05) is 19.4 Å². The minimum atomic E-state index is -1.57. The number of nitrogens with zero attached hydrogens (tertiary/aromatic N) is 4. The molecule has 1 unspecified atom stereocenters. The normalized spacial score (nSPS) is 21.7. The van der Waals surface area contributed by atoms with E-state index in [4.69, 9.17) is 12.2 Å². The third kappa shape index (κ3) is 2.16. The van der Waals surface area contributed by atoms with Crippen LogP contribution in [0.1, 0.15) is 11.4 Å². The highest BCUT2D eigenvalue weighted by molar-refractivity contribution is 7.80. The van der Waals surface area contributed by atoms with E-state index in [1.165, 1.54) is 4.90 Å². The van der Waals surface area contributed by atoms with Gasteiger partial charge in [0.1, 0.15) is 5.71 Å². The molecule has 1 atom stereocenters. The van der Waals surface area contributed by atoms with Crippen molar-refractivity contribution in [1.82, 2.24) is 20.3 Å². The second-order valence-electron chi connectivity index (χ2n) is 4.54. The molecule has 3 heterocycles. The van der Waals surface area contributed by atoms with Gasteiger partial charge in [-0.3, -0.25) is 15.4 Å². The van der Waals surface area contributed by atoms with E-state index in [0.717, 1.165) is 0 Å². The molecule has 2 aromatic rings. The van der Waals surface area contributed by atoms with Crippen molar-refractivity contribution in [3.63, 3.8) is 0 Å². The van der Waals surface area contributed by atoms with Crippen LogP contribution in [0.15, 0.2) is 53.9 Å². The van der Waals surface area contributed by atoms with Crippen LogP contribution in [0.4, 0.5) is 0 Å². The lowest BCUT2D eigenvalue weighted by Gasteiger charge is -2.41. The summed E-state index contributed by atoms with van der Waals surface area (Å²) in [5.41, 5.74) is 2.48. The topological polar surface area (TPSA) is 73.6 Å². The second-order valence-corrected chi connectivity index (χ2v) is 4.93. The van der Waals surface area contributed by atoms with Crippen LogP contribution in [0.3, 0.4) is 0 Å². The van der Waals surface area contributed by atoms with Gasteiger partial charge in [-0.1, -0.05) is 12.1 Å². The maximum atomic E-state index is 11.3. The Morgan fingerprint density at radius 1 is 1.14 bits per heavy atom. The van der Waals surface area contributed by atoms with Crippen LogP contribution in [-0.2, 0) is 5.72 Å². The van der Waals surface area contributed by atoms with Crippen molar-refractivity contribution in [2.24, 2.45) is 5.10 Å². The van der Waals surface area contributed by atoms with E-state index < -0.39 is 5.72 Å². The summed E-state index contributed by atoms with van der Waals surface area (Å²) in [6.45, 7) is 0. The lowest BCUT2D eigenvalue weighted by molar-refractivity contribution is -0.00428. The molecule has 0 radical (unpaired) electrons. The number of hydrazone groups is 1. The Balaban J connectivity index is 2.19. The van der Waals surface area contributed by atoms with Gasteiger partial charge in [0.15, 0.2) is 5.11 Å². The average molecular weight is 299 g/mol. The van der Waals surface area contributed by atoms with Gasteiger partial charge in [-0.25, -0.2) is 0 Å².